The number of aromatic amines is 1. The summed E-state index contributed by atoms with van der Waals surface area (Å²) in [5, 5.41) is 24.6. The van der Waals surface area contributed by atoms with Crippen LogP contribution in [0.1, 0.15) is 28.3 Å². The standard InChI is InChI=1S/C19H22N6OS.CH2O2/c26-19(22-16-11-25-6-3-12(16)4-7-25)18-14-9-13(1-2-15(14)23-24-18)21-10-17-20-5-8-27-17;2-1-3/h1-2,5,8-9,12,16,21H,3-4,6-7,10-11H2,(H,22,26)(H,23,24);1H,(H,2,3)/t16-;/m0./s1. The molecule has 3 aromatic rings. The highest BCUT2D eigenvalue weighted by Crippen LogP contribution is 2.28. The van der Waals surface area contributed by atoms with Gasteiger partial charge in [-0.25, -0.2) is 4.98 Å². The van der Waals surface area contributed by atoms with E-state index < -0.39 is 0 Å². The van der Waals surface area contributed by atoms with Crippen molar-refractivity contribution in [3.05, 3.63) is 40.5 Å². The van der Waals surface area contributed by atoms with Crippen LogP contribution in [0, 0.1) is 5.92 Å². The van der Waals surface area contributed by atoms with E-state index in [0.717, 1.165) is 41.2 Å². The minimum Gasteiger partial charge on any atom is -0.483 e. The number of carboxylic acid groups (broad SMARTS) is 1. The number of nitrogens with one attached hydrogen (secondary N) is 3. The molecular formula is C20H24N6O3S. The molecule has 1 atom stereocenters. The van der Waals surface area contributed by atoms with Crippen LogP contribution < -0.4 is 10.6 Å². The molecule has 1 amide bonds. The number of thiazole rings is 1. The summed E-state index contributed by atoms with van der Waals surface area (Å²) in [5.41, 5.74) is 2.30. The summed E-state index contributed by atoms with van der Waals surface area (Å²) in [7, 11) is 0. The lowest BCUT2D eigenvalue weighted by molar-refractivity contribution is -0.122. The molecule has 1 aromatic carbocycles. The maximum Gasteiger partial charge on any atom is 0.290 e. The summed E-state index contributed by atoms with van der Waals surface area (Å²) < 4.78 is 0. The van der Waals surface area contributed by atoms with E-state index in [4.69, 9.17) is 9.90 Å². The second-order valence-electron chi connectivity index (χ2n) is 7.44. The van der Waals surface area contributed by atoms with Gasteiger partial charge in [-0.2, -0.15) is 5.10 Å². The highest BCUT2D eigenvalue weighted by atomic mass is 32.1. The zero-order valence-corrected chi connectivity index (χ0v) is 17.2. The van der Waals surface area contributed by atoms with Crippen molar-refractivity contribution in [2.24, 2.45) is 5.92 Å². The van der Waals surface area contributed by atoms with Crippen LogP contribution in [0.15, 0.2) is 29.8 Å². The second-order valence-corrected chi connectivity index (χ2v) is 8.41. The molecule has 2 bridgehead atoms. The summed E-state index contributed by atoms with van der Waals surface area (Å²) in [6.07, 6.45) is 4.16. The number of piperidine rings is 3. The van der Waals surface area contributed by atoms with E-state index in [1.807, 2.05) is 23.6 Å². The summed E-state index contributed by atoms with van der Waals surface area (Å²) in [5.74, 6) is 0.511. The lowest BCUT2D eigenvalue weighted by atomic mass is 9.84. The van der Waals surface area contributed by atoms with Crippen molar-refractivity contribution in [1.29, 1.82) is 0 Å². The lowest BCUT2D eigenvalue weighted by Crippen LogP contribution is -2.57. The maximum absolute atomic E-state index is 12.9. The number of anilines is 1. The van der Waals surface area contributed by atoms with Crippen molar-refractivity contribution in [2.45, 2.75) is 25.4 Å². The Bertz CT molecular complexity index is 997. The number of rotatable bonds is 5. The van der Waals surface area contributed by atoms with Gasteiger partial charge in [-0.15, -0.1) is 11.3 Å². The molecule has 158 valence electrons. The molecule has 10 heteroatoms. The molecule has 9 nitrogen and oxygen atoms in total. The molecule has 3 aliphatic rings. The van der Waals surface area contributed by atoms with Crippen LogP contribution >= 0.6 is 11.3 Å². The average Bonchev–Trinajstić information content (AvgIpc) is 3.43. The van der Waals surface area contributed by atoms with Crippen LogP contribution in [0.25, 0.3) is 10.9 Å². The first kappa shape index (κ1) is 20.3. The smallest absolute Gasteiger partial charge is 0.290 e. The lowest BCUT2D eigenvalue weighted by Gasteiger charge is -2.44. The fourth-order valence-electron chi connectivity index (χ4n) is 4.18. The fraction of sp³-hybridized carbons (Fsp3) is 0.400. The number of fused-ring (bicyclic) bond motifs is 4. The number of nitrogens with zero attached hydrogens (tertiary/aromatic N) is 3. The van der Waals surface area contributed by atoms with Crippen molar-refractivity contribution in [1.82, 2.24) is 25.4 Å². The number of amides is 1. The Morgan fingerprint density at radius 2 is 2.17 bits per heavy atom. The summed E-state index contributed by atoms with van der Waals surface area (Å²) in [6, 6.07) is 6.16. The highest BCUT2D eigenvalue weighted by Gasteiger charge is 2.35. The van der Waals surface area contributed by atoms with E-state index in [9.17, 15) is 4.79 Å². The van der Waals surface area contributed by atoms with E-state index in [2.05, 4.69) is 30.7 Å². The molecule has 0 aliphatic carbocycles. The Morgan fingerprint density at radius 1 is 1.37 bits per heavy atom. The number of H-pyrrole nitrogens is 1. The SMILES string of the molecule is O=C(N[C@H]1CN2CCC1CC2)c1n[nH]c2ccc(NCc3nccs3)cc12.O=CO. The molecule has 3 aliphatic heterocycles. The molecular weight excluding hydrogens is 404 g/mol. The molecule has 0 unspecified atom stereocenters. The molecule has 30 heavy (non-hydrogen) atoms. The van der Waals surface area contributed by atoms with Gasteiger partial charge in [0.15, 0.2) is 5.69 Å². The van der Waals surface area contributed by atoms with E-state index in [1.165, 1.54) is 12.8 Å². The Labute approximate surface area is 177 Å². The van der Waals surface area contributed by atoms with Crippen LogP contribution in [-0.4, -0.2) is 63.2 Å². The van der Waals surface area contributed by atoms with Crippen molar-refractivity contribution < 1.29 is 14.7 Å². The number of carbonyl (C=O) groups is 2. The first-order valence-electron chi connectivity index (χ1n) is 9.89. The minimum atomic E-state index is -0.250. The van der Waals surface area contributed by atoms with Gasteiger partial charge in [0.2, 0.25) is 0 Å². The normalized spacial score (nSPS) is 22.2. The van der Waals surface area contributed by atoms with Gasteiger partial charge in [0.25, 0.3) is 12.4 Å². The predicted octanol–water partition coefficient (Wildman–Crippen LogP) is 2.16. The molecule has 0 radical (unpaired) electrons. The number of hydrogen-bond acceptors (Lipinski definition) is 7. The van der Waals surface area contributed by atoms with Crippen LogP contribution in [0.5, 0.6) is 0 Å². The number of hydrogen-bond donors (Lipinski definition) is 4. The molecule has 4 N–H and O–H groups in total. The number of carbonyl (C=O) groups excluding carboxylic acids is 1. The van der Waals surface area contributed by atoms with Gasteiger partial charge in [0.1, 0.15) is 5.01 Å². The topological polar surface area (TPSA) is 123 Å². The van der Waals surface area contributed by atoms with Crippen LogP contribution in [-0.2, 0) is 11.3 Å². The fourth-order valence-corrected chi connectivity index (χ4v) is 4.74. The van der Waals surface area contributed by atoms with Crippen molar-refractivity contribution in [3.63, 3.8) is 0 Å². The van der Waals surface area contributed by atoms with Gasteiger partial charge >= 0.3 is 0 Å². The summed E-state index contributed by atoms with van der Waals surface area (Å²) >= 11 is 1.62. The Morgan fingerprint density at radius 3 is 2.83 bits per heavy atom. The van der Waals surface area contributed by atoms with E-state index in [1.54, 1.807) is 17.5 Å². The molecule has 0 spiro atoms. The highest BCUT2D eigenvalue weighted by molar-refractivity contribution is 7.09. The Balaban J connectivity index is 0.000000687. The zero-order valence-electron chi connectivity index (χ0n) is 16.4. The number of benzene rings is 1. The zero-order chi connectivity index (χ0) is 20.9. The van der Waals surface area contributed by atoms with E-state index in [0.29, 0.717) is 18.2 Å². The molecule has 3 saturated heterocycles. The third-order valence-electron chi connectivity index (χ3n) is 5.68. The minimum absolute atomic E-state index is 0.0860. The first-order chi connectivity index (χ1) is 14.7. The molecule has 5 heterocycles. The third kappa shape index (κ3) is 4.44. The molecule has 2 aromatic heterocycles. The molecule has 0 saturated carbocycles. The van der Waals surface area contributed by atoms with E-state index in [-0.39, 0.29) is 18.4 Å². The van der Waals surface area contributed by atoms with Gasteiger partial charge in [0, 0.05) is 35.2 Å². The molecule has 6 rings (SSSR count). The van der Waals surface area contributed by atoms with Crippen molar-refractivity contribution in [3.8, 4) is 0 Å². The quantitative estimate of drug-likeness (QED) is 0.459. The Hall–Kier alpha value is -2.98. The van der Waals surface area contributed by atoms with Gasteiger partial charge in [-0.3, -0.25) is 14.7 Å². The largest absolute Gasteiger partial charge is 0.483 e. The van der Waals surface area contributed by atoms with Crippen molar-refractivity contribution in [2.75, 3.05) is 25.0 Å². The van der Waals surface area contributed by atoms with Gasteiger partial charge < -0.3 is 20.6 Å². The number of aromatic nitrogens is 3. The van der Waals surface area contributed by atoms with Gasteiger partial charge in [-0.1, -0.05) is 0 Å². The van der Waals surface area contributed by atoms with Crippen LogP contribution in [0.3, 0.4) is 0 Å². The predicted molar refractivity (Wildman–Crippen MR) is 115 cm³/mol. The monoisotopic (exact) mass is 428 g/mol. The second kappa shape index (κ2) is 9.23. The maximum atomic E-state index is 12.9. The van der Waals surface area contributed by atoms with E-state index >= 15 is 0 Å². The van der Waals surface area contributed by atoms with Gasteiger partial charge in [-0.05, 0) is 50.0 Å². The summed E-state index contributed by atoms with van der Waals surface area (Å²) in [6.45, 7) is 3.70. The van der Waals surface area contributed by atoms with Crippen LogP contribution in [0.2, 0.25) is 0 Å². The van der Waals surface area contributed by atoms with Gasteiger partial charge in [0.05, 0.1) is 12.1 Å². The Kier molecular flexibility index (Phi) is 6.24. The summed E-state index contributed by atoms with van der Waals surface area (Å²) in [4.78, 5) is 28.0. The third-order valence-corrected chi connectivity index (χ3v) is 6.46. The first-order valence-corrected chi connectivity index (χ1v) is 10.8. The van der Waals surface area contributed by atoms with Crippen LogP contribution in [0.4, 0.5) is 5.69 Å². The van der Waals surface area contributed by atoms with Crippen molar-refractivity contribution >= 4 is 40.3 Å². The average molecular weight is 429 g/mol. The molecule has 3 fully saturated rings.